The molecule has 1 heterocycles. The van der Waals surface area contributed by atoms with Crippen LogP contribution in [0.15, 0.2) is 72.5 Å². The Balaban J connectivity index is 2.30. The van der Waals surface area contributed by atoms with E-state index in [1.807, 2.05) is 61.5 Å². The summed E-state index contributed by atoms with van der Waals surface area (Å²) in [5.74, 6) is -0.00397. The molecule has 0 radical (unpaired) electrons. The Labute approximate surface area is 173 Å². The maximum Gasteiger partial charge on any atom is 0.259 e. The monoisotopic (exact) mass is 390 g/mol. The molecular weight excluding hydrogens is 360 g/mol. The number of rotatable bonds is 8. The number of nitrogens with one attached hydrogen (secondary N) is 1. The third kappa shape index (κ3) is 6.50. The number of hydrogen-bond donors (Lipinski definition) is 1. The fourth-order valence-electron chi connectivity index (χ4n) is 2.78. The summed E-state index contributed by atoms with van der Waals surface area (Å²) in [4.78, 5) is 21.0. The molecule has 0 spiro atoms. The Morgan fingerprint density at radius 3 is 2.31 bits per heavy atom. The summed E-state index contributed by atoms with van der Waals surface area (Å²) >= 11 is 0. The van der Waals surface area contributed by atoms with Gasteiger partial charge in [-0.05, 0) is 69.4 Å². The van der Waals surface area contributed by atoms with Crippen molar-refractivity contribution >= 4 is 17.3 Å². The van der Waals surface area contributed by atoms with Crippen molar-refractivity contribution in [3.05, 3.63) is 83.7 Å². The van der Waals surface area contributed by atoms with Crippen LogP contribution in [0, 0.1) is 5.41 Å². The van der Waals surface area contributed by atoms with E-state index in [1.165, 1.54) is 10.5 Å². The normalized spacial score (nSPS) is 12.2. The molecule has 0 atom stereocenters. The zero-order valence-corrected chi connectivity index (χ0v) is 17.7. The molecule has 29 heavy (non-hydrogen) atoms. The minimum atomic E-state index is -0.169. The summed E-state index contributed by atoms with van der Waals surface area (Å²) in [6.07, 6.45) is 6.24. The summed E-state index contributed by atoms with van der Waals surface area (Å²) in [6, 6.07) is 14.9. The van der Waals surface area contributed by atoms with Crippen LogP contribution in [0.4, 0.5) is 0 Å². The highest BCUT2D eigenvalue weighted by Gasteiger charge is 2.18. The first kappa shape index (κ1) is 22.2. The largest absolute Gasteiger partial charge is 0.308 e. The first-order valence-corrected chi connectivity index (χ1v) is 9.83. The maximum absolute atomic E-state index is 13.0. The molecule has 2 rings (SSSR count). The average Bonchev–Trinajstić information content (AvgIpc) is 2.74. The van der Waals surface area contributed by atoms with Gasteiger partial charge < -0.3 is 4.90 Å². The van der Waals surface area contributed by atoms with E-state index in [4.69, 9.17) is 5.41 Å². The van der Waals surface area contributed by atoms with Gasteiger partial charge in [-0.3, -0.25) is 20.1 Å². The maximum atomic E-state index is 13.0. The molecule has 1 N–H and O–H groups in total. The summed E-state index contributed by atoms with van der Waals surface area (Å²) in [6.45, 7) is 5.28. The molecule has 0 aliphatic carbocycles. The van der Waals surface area contributed by atoms with Gasteiger partial charge in [0.1, 0.15) is 5.84 Å². The summed E-state index contributed by atoms with van der Waals surface area (Å²) in [5.41, 5.74) is 3.61. The van der Waals surface area contributed by atoms with Gasteiger partial charge in [-0.2, -0.15) is 0 Å². The molecule has 0 bridgehead atoms. The van der Waals surface area contributed by atoms with Gasteiger partial charge in [0, 0.05) is 24.8 Å². The average molecular weight is 391 g/mol. The van der Waals surface area contributed by atoms with Gasteiger partial charge in [-0.25, -0.2) is 0 Å². The third-order valence-electron chi connectivity index (χ3n) is 4.67. The molecule has 0 aliphatic rings. The zero-order chi connectivity index (χ0) is 21.2. The molecular formula is C24H30N4O. The number of carbonyl (C=O) groups is 1. The number of nitrogens with zero attached hydrogens (tertiary/aromatic N) is 3. The second-order valence-corrected chi connectivity index (χ2v) is 7.11. The van der Waals surface area contributed by atoms with Crippen LogP contribution in [-0.2, 0) is 0 Å². The molecule has 0 fully saturated rings. The molecule has 1 aromatic carbocycles. The lowest BCUT2D eigenvalue weighted by Crippen LogP contribution is -2.40. The molecule has 0 saturated carbocycles. The minimum absolute atomic E-state index is 0.165. The predicted octanol–water partition coefficient (Wildman–Crippen LogP) is 4.50. The number of amidine groups is 1. The molecule has 5 heteroatoms. The van der Waals surface area contributed by atoms with Crippen molar-refractivity contribution in [2.24, 2.45) is 0 Å². The van der Waals surface area contributed by atoms with E-state index in [2.05, 4.69) is 18.8 Å². The minimum Gasteiger partial charge on any atom is -0.308 e. The Hall–Kier alpha value is -3.05. The first-order chi connectivity index (χ1) is 13.9. The molecule has 0 saturated heterocycles. The highest BCUT2D eigenvalue weighted by atomic mass is 16.2. The zero-order valence-electron chi connectivity index (χ0n) is 17.7. The second kappa shape index (κ2) is 11.1. The van der Waals surface area contributed by atoms with Crippen molar-refractivity contribution in [2.45, 2.75) is 20.3 Å². The van der Waals surface area contributed by atoms with Crippen LogP contribution in [0.2, 0.25) is 0 Å². The number of carbonyl (C=O) groups excluding carboxylic acids is 1. The number of allylic oxidation sites excluding steroid dienone is 3. The first-order valence-electron chi connectivity index (χ1n) is 9.83. The second-order valence-electron chi connectivity index (χ2n) is 7.11. The number of amides is 1. The number of pyridine rings is 1. The van der Waals surface area contributed by atoms with E-state index >= 15 is 0 Å². The van der Waals surface area contributed by atoms with E-state index in [0.717, 1.165) is 17.7 Å². The third-order valence-corrected chi connectivity index (χ3v) is 4.67. The molecule has 2 aromatic rings. The highest BCUT2D eigenvalue weighted by molar-refractivity contribution is 6.09. The van der Waals surface area contributed by atoms with E-state index in [1.54, 1.807) is 24.4 Å². The SMILES string of the molecule is CC/C(C)=C(\C=C/C(=N)N(CCN(C)C)C(=O)c1ccccc1)c1ccccn1. The number of hydrogen-bond acceptors (Lipinski definition) is 4. The van der Waals surface area contributed by atoms with Crippen molar-refractivity contribution < 1.29 is 4.79 Å². The Bertz CT molecular complexity index is 870. The fourth-order valence-corrected chi connectivity index (χ4v) is 2.78. The van der Waals surface area contributed by atoms with Crippen LogP contribution in [0.3, 0.4) is 0 Å². The van der Waals surface area contributed by atoms with Gasteiger partial charge in [0.2, 0.25) is 0 Å². The van der Waals surface area contributed by atoms with Crippen LogP contribution in [0.1, 0.15) is 36.3 Å². The van der Waals surface area contributed by atoms with Crippen LogP contribution in [0.25, 0.3) is 5.57 Å². The fraction of sp³-hybridized carbons (Fsp3) is 0.292. The van der Waals surface area contributed by atoms with Crippen molar-refractivity contribution in [1.82, 2.24) is 14.8 Å². The number of likely N-dealkylation sites (N-methyl/N-ethyl adjacent to an activating group) is 1. The van der Waals surface area contributed by atoms with Crippen LogP contribution in [0.5, 0.6) is 0 Å². The van der Waals surface area contributed by atoms with Crippen LogP contribution >= 0.6 is 0 Å². The van der Waals surface area contributed by atoms with Crippen LogP contribution < -0.4 is 0 Å². The quantitative estimate of drug-likeness (QED) is 0.410. The Morgan fingerprint density at radius 1 is 1.03 bits per heavy atom. The molecule has 152 valence electrons. The topological polar surface area (TPSA) is 60.3 Å². The van der Waals surface area contributed by atoms with Crippen molar-refractivity contribution in [3.8, 4) is 0 Å². The van der Waals surface area contributed by atoms with E-state index in [0.29, 0.717) is 18.7 Å². The Kier molecular flexibility index (Phi) is 8.49. The standard InChI is InChI=1S/C24H30N4O/c1-5-19(2)21(22-13-9-10-16-26-22)14-15-23(25)28(18-17-27(3)4)24(29)20-11-7-6-8-12-20/h6-16,25H,5,17-18H2,1-4H3/b15-14-,21-19+,25-23?. The highest BCUT2D eigenvalue weighted by Crippen LogP contribution is 2.20. The molecule has 5 nitrogen and oxygen atoms in total. The lowest BCUT2D eigenvalue weighted by atomic mass is 10.0. The summed E-state index contributed by atoms with van der Waals surface area (Å²) in [7, 11) is 3.91. The molecule has 1 amide bonds. The lowest BCUT2D eigenvalue weighted by Gasteiger charge is -2.23. The smallest absolute Gasteiger partial charge is 0.259 e. The molecule has 1 aromatic heterocycles. The molecule has 0 unspecified atom stereocenters. The van der Waals surface area contributed by atoms with Gasteiger partial charge in [-0.1, -0.05) is 36.8 Å². The van der Waals surface area contributed by atoms with Crippen molar-refractivity contribution in [1.29, 1.82) is 5.41 Å². The van der Waals surface area contributed by atoms with Gasteiger partial charge in [-0.15, -0.1) is 0 Å². The lowest BCUT2D eigenvalue weighted by molar-refractivity contribution is 0.0840. The van der Waals surface area contributed by atoms with E-state index in [-0.39, 0.29) is 11.7 Å². The summed E-state index contributed by atoms with van der Waals surface area (Å²) < 4.78 is 0. The number of benzene rings is 1. The van der Waals surface area contributed by atoms with Crippen LogP contribution in [-0.4, -0.2) is 53.7 Å². The van der Waals surface area contributed by atoms with Gasteiger partial charge in [0.15, 0.2) is 0 Å². The van der Waals surface area contributed by atoms with E-state index in [9.17, 15) is 4.79 Å². The molecule has 0 aliphatic heterocycles. The Morgan fingerprint density at radius 2 is 1.72 bits per heavy atom. The van der Waals surface area contributed by atoms with Gasteiger partial charge in [0.05, 0.1) is 5.69 Å². The predicted molar refractivity (Wildman–Crippen MR) is 120 cm³/mol. The number of aromatic nitrogens is 1. The van der Waals surface area contributed by atoms with Crippen molar-refractivity contribution in [2.75, 3.05) is 27.2 Å². The van der Waals surface area contributed by atoms with Crippen molar-refractivity contribution in [3.63, 3.8) is 0 Å². The van der Waals surface area contributed by atoms with Gasteiger partial charge >= 0.3 is 0 Å². The van der Waals surface area contributed by atoms with E-state index < -0.39 is 0 Å². The van der Waals surface area contributed by atoms with Gasteiger partial charge in [0.25, 0.3) is 5.91 Å². The summed E-state index contributed by atoms with van der Waals surface area (Å²) in [5, 5.41) is 8.58.